The zero-order valence-electron chi connectivity index (χ0n) is 6.47. The van der Waals surface area contributed by atoms with Gasteiger partial charge < -0.3 is 0 Å². The molecule has 1 saturated carbocycles. The van der Waals surface area contributed by atoms with Gasteiger partial charge in [-0.25, -0.2) is 0 Å². The molecule has 0 amide bonds. The molecule has 0 bridgehead atoms. The smallest absolute Gasteiger partial charge is 0.202 e. The van der Waals surface area contributed by atoms with Gasteiger partial charge in [-0.15, -0.1) is 0 Å². The third kappa shape index (κ3) is 0.951. The van der Waals surface area contributed by atoms with Gasteiger partial charge in [-0.05, 0) is 12.8 Å². The van der Waals surface area contributed by atoms with Gasteiger partial charge >= 0.3 is 0 Å². The average molecular weight is 152 g/mol. The molecule has 2 aliphatic rings. The van der Waals surface area contributed by atoms with Gasteiger partial charge in [-0.1, -0.05) is 19.3 Å². The number of carbonyl (C=O) groups is 1. The van der Waals surface area contributed by atoms with Crippen LogP contribution in [0.3, 0.4) is 0 Å². The summed E-state index contributed by atoms with van der Waals surface area (Å²) in [5.41, 5.74) is 2.66. The van der Waals surface area contributed by atoms with E-state index in [-0.39, 0.29) is 11.3 Å². The van der Waals surface area contributed by atoms with E-state index < -0.39 is 0 Å². The molecule has 1 heterocycles. The normalized spacial score (nSPS) is 27.5. The van der Waals surface area contributed by atoms with Crippen LogP contribution in [-0.2, 0) is 4.79 Å². The molecule has 0 saturated heterocycles. The largest absolute Gasteiger partial charge is 0.296 e. The number of nitrogens with zero attached hydrogens (tertiary/aromatic N) is 1. The number of carbonyl (C=O) groups excluding carboxylic acids is 1. The first-order valence-electron chi connectivity index (χ1n) is 4.18. The fraction of sp³-hybridized carbons (Fsp3) is 0.750. The minimum Gasteiger partial charge on any atom is -0.296 e. The summed E-state index contributed by atoms with van der Waals surface area (Å²) in [4.78, 5) is 11.3. The molecule has 1 fully saturated rings. The van der Waals surface area contributed by atoms with Gasteiger partial charge in [0.1, 0.15) is 5.54 Å². The summed E-state index contributed by atoms with van der Waals surface area (Å²) in [7, 11) is 0. The molecular weight excluding hydrogens is 140 g/mol. The van der Waals surface area contributed by atoms with Crippen LogP contribution in [0, 0.1) is 0 Å². The van der Waals surface area contributed by atoms with Crippen molar-refractivity contribution in [2.45, 2.75) is 37.6 Å². The molecule has 1 spiro atoms. The van der Waals surface area contributed by atoms with Crippen LogP contribution >= 0.6 is 0 Å². The van der Waals surface area contributed by atoms with Gasteiger partial charge in [0.15, 0.2) is 0 Å². The maximum Gasteiger partial charge on any atom is 0.202 e. The second kappa shape index (κ2) is 2.32. The zero-order chi connectivity index (χ0) is 7.73. The van der Waals surface area contributed by atoms with Crippen molar-refractivity contribution in [3.05, 3.63) is 0 Å². The maximum absolute atomic E-state index is 11.3. The molecule has 0 unspecified atom stereocenters. The lowest BCUT2D eigenvalue weighted by molar-refractivity contribution is -0.118. The topological polar surface area (TPSA) is 41.5 Å². The predicted molar refractivity (Wildman–Crippen MR) is 42.5 cm³/mol. The van der Waals surface area contributed by atoms with Crippen molar-refractivity contribution in [1.29, 1.82) is 0 Å². The Balaban J connectivity index is 2.15. The van der Waals surface area contributed by atoms with E-state index in [9.17, 15) is 4.79 Å². The molecule has 0 aromatic heterocycles. The molecule has 1 N–H and O–H groups in total. The van der Waals surface area contributed by atoms with Crippen molar-refractivity contribution >= 4 is 12.0 Å². The van der Waals surface area contributed by atoms with E-state index >= 15 is 0 Å². The molecule has 60 valence electrons. The Morgan fingerprint density at radius 2 is 2.09 bits per heavy atom. The molecule has 0 radical (unpaired) electrons. The van der Waals surface area contributed by atoms with Gasteiger partial charge in [-0.2, -0.15) is 5.10 Å². The Kier molecular flexibility index (Phi) is 1.44. The third-order valence-corrected chi connectivity index (χ3v) is 2.64. The number of hydrogen-bond donors (Lipinski definition) is 1. The number of rotatable bonds is 0. The standard InChI is InChI=1S/C8H12N2O/c11-7-6-9-10-8(7)4-2-1-3-5-8/h6,10H,1-5H2. The monoisotopic (exact) mass is 152 g/mol. The molecule has 2 rings (SSSR count). The van der Waals surface area contributed by atoms with Crippen molar-refractivity contribution in [2.75, 3.05) is 0 Å². The van der Waals surface area contributed by atoms with Crippen molar-refractivity contribution in [1.82, 2.24) is 5.43 Å². The van der Waals surface area contributed by atoms with Crippen molar-refractivity contribution in [3.63, 3.8) is 0 Å². The summed E-state index contributed by atoms with van der Waals surface area (Å²) in [6.07, 6.45) is 6.92. The first kappa shape index (κ1) is 6.83. The third-order valence-electron chi connectivity index (χ3n) is 2.64. The summed E-state index contributed by atoms with van der Waals surface area (Å²) in [6.45, 7) is 0. The van der Waals surface area contributed by atoms with Gasteiger partial charge in [-0.3, -0.25) is 10.2 Å². The Bertz CT molecular complexity index is 204. The lowest BCUT2D eigenvalue weighted by Gasteiger charge is -2.30. The van der Waals surface area contributed by atoms with E-state index in [4.69, 9.17) is 0 Å². The van der Waals surface area contributed by atoms with Crippen molar-refractivity contribution in [2.24, 2.45) is 5.10 Å². The Morgan fingerprint density at radius 3 is 2.64 bits per heavy atom. The van der Waals surface area contributed by atoms with Gasteiger partial charge in [0, 0.05) is 0 Å². The van der Waals surface area contributed by atoms with Crippen LogP contribution in [0.5, 0.6) is 0 Å². The molecule has 1 aliphatic heterocycles. The van der Waals surface area contributed by atoms with E-state index in [1.807, 2.05) is 0 Å². The maximum atomic E-state index is 11.3. The lowest BCUT2D eigenvalue weighted by Crippen LogP contribution is -2.47. The molecular formula is C8H12N2O. The SMILES string of the molecule is O=C1C=NNC12CCCCC2. The van der Waals surface area contributed by atoms with Crippen LogP contribution in [0.25, 0.3) is 0 Å². The molecule has 0 aromatic rings. The summed E-state index contributed by atoms with van der Waals surface area (Å²) < 4.78 is 0. The van der Waals surface area contributed by atoms with Crippen LogP contribution in [0.2, 0.25) is 0 Å². The minimum absolute atomic E-state index is 0.178. The number of nitrogens with one attached hydrogen (secondary N) is 1. The van der Waals surface area contributed by atoms with Crippen LogP contribution < -0.4 is 5.43 Å². The van der Waals surface area contributed by atoms with Crippen molar-refractivity contribution < 1.29 is 4.79 Å². The van der Waals surface area contributed by atoms with Crippen LogP contribution in [0.4, 0.5) is 0 Å². The summed E-state index contributed by atoms with van der Waals surface area (Å²) in [5.74, 6) is 0.178. The first-order chi connectivity index (χ1) is 5.33. The van der Waals surface area contributed by atoms with Crippen LogP contribution in [0.1, 0.15) is 32.1 Å². The minimum atomic E-state index is -0.280. The Hall–Kier alpha value is -0.860. The number of Topliss-reactive ketones (excluding diaryl/α,β-unsaturated/α-hetero) is 1. The highest BCUT2D eigenvalue weighted by molar-refractivity contribution is 6.33. The Labute approximate surface area is 65.9 Å². The highest BCUT2D eigenvalue weighted by Crippen LogP contribution is 2.30. The number of ketones is 1. The molecule has 0 aromatic carbocycles. The van der Waals surface area contributed by atoms with E-state index in [2.05, 4.69) is 10.5 Å². The first-order valence-corrected chi connectivity index (χ1v) is 4.18. The summed E-state index contributed by atoms with van der Waals surface area (Å²) in [6, 6.07) is 0. The van der Waals surface area contributed by atoms with E-state index in [1.165, 1.54) is 12.6 Å². The zero-order valence-corrected chi connectivity index (χ0v) is 6.47. The second-order valence-electron chi connectivity index (χ2n) is 3.38. The predicted octanol–water partition coefficient (Wildman–Crippen LogP) is 0.847. The quantitative estimate of drug-likeness (QED) is 0.559. The summed E-state index contributed by atoms with van der Waals surface area (Å²) in [5, 5.41) is 3.82. The molecule has 3 heteroatoms. The van der Waals surface area contributed by atoms with Gasteiger partial charge in [0.25, 0.3) is 0 Å². The van der Waals surface area contributed by atoms with E-state index in [0.29, 0.717) is 0 Å². The van der Waals surface area contributed by atoms with Crippen molar-refractivity contribution in [3.8, 4) is 0 Å². The number of hydrazone groups is 1. The van der Waals surface area contributed by atoms with Gasteiger partial charge in [0.2, 0.25) is 5.78 Å². The van der Waals surface area contributed by atoms with E-state index in [1.54, 1.807) is 0 Å². The fourth-order valence-electron chi connectivity index (χ4n) is 1.91. The highest BCUT2D eigenvalue weighted by atomic mass is 16.1. The average Bonchev–Trinajstić information content (AvgIpc) is 2.36. The molecule has 3 nitrogen and oxygen atoms in total. The summed E-state index contributed by atoms with van der Waals surface area (Å²) >= 11 is 0. The van der Waals surface area contributed by atoms with E-state index in [0.717, 1.165) is 25.7 Å². The lowest BCUT2D eigenvalue weighted by atomic mass is 9.80. The van der Waals surface area contributed by atoms with Crippen LogP contribution in [0.15, 0.2) is 5.10 Å². The molecule has 1 aliphatic carbocycles. The molecule has 11 heavy (non-hydrogen) atoms. The fourth-order valence-corrected chi connectivity index (χ4v) is 1.91. The number of hydrogen-bond acceptors (Lipinski definition) is 3. The highest BCUT2D eigenvalue weighted by Gasteiger charge is 2.40. The second-order valence-corrected chi connectivity index (χ2v) is 3.38. The Morgan fingerprint density at radius 1 is 1.36 bits per heavy atom. The van der Waals surface area contributed by atoms with Crippen LogP contribution in [-0.4, -0.2) is 17.5 Å². The van der Waals surface area contributed by atoms with Gasteiger partial charge in [0.05, 0.1) is 6.21 Å². The molecule has 0 atom stereocenters.